The molecule has 0 spiro atoms. The fourth-order valence-electron chi connectivity index (χ4n) is 2.89. The van der Waals surface area contributed by atoms with Crippen molar-refractivity contribution in [2.45, 2.75) is 31.7 Å². The van der Waals surface area contributed by atoms with Crippen molar-refractivity contribution in [3.8, 4) is 0 Å². The van der Waals surface area contributed by atoms with Gasteiger partial charge in [-0.25, -0.2) is 0 Å². The molecule has 2 rings (SSSR count). The van der Waals surface area contributed by atoms with Gasteiger partial charge in [-0.05, 0) is 18.8 Å². The molecule has 1 aliphatic carbocycles. The van der Waals surface area contributed by atoms with Crippen LogP contribution in [-0.2, 0) is 4.74 Å². The maximum absolute atomic E-state index is 5.66. The number of fused-ring (bicyclic) bond motifs is 1. The van der Waals surface area contributed by atoms with Crippen LogP contribution < -0.4 is 5.73 Å². The highest BCUT2D eigenvalue weighted by atomic mass is 16.5. The third-order valence-corrected chi connectivity index (χ3v) is 3.61. The summed E-state index contributed by atoms with van der Waals surface area (Å²) in [6, 6.07) is 0.759. The van der Waals surface area contributed by atoms with Crippen LogP contribution >= 0.6 is 0 Å². The fraction of sp³-hybridized carbons (Fsp3) is 1.00. The van der Waals surface area contributed by atoms with Gasteiger partial charge in [-0.15, -0.1) is 0 Å². The van der Waals surface area contributed by atoms with Gasteiger partial charge in [0.25, 0.3) is 0 Å². The summed E-state index contributed by atoms with van der Waals surface area (Å²) in [5, 5.41) is 0. The van der Waals surface area contributed by atoms with Crippen molar-refractivity contribution >= 4 is 0 Å². The SMILES string of the molecule is NCCN1CCOC[C@@H]2CCCC[C@@H]21. The predicted octanol–water partition coefficient (Wildman–Crippen LogP) is 0.836. The van der Waals surface area contributed by atoms with Gasteiger partial charge in [0, 0.05) is 25.7 Å². The van der Waals surface area contributed by atoms with E-state index in [9.17, 15) is 0 Å². The number of rotatable bonds is 2. The van der Waals surface area contributed by atoms with Crippen molar-refractivity contribution < 1.29 is 4.74 Å². The molecule has 0 amide bonds. The average Bonchev–Trinajstić information content (AvgIpc) is 2.42. The molecular formula is C11H22N2O. The van der Waals surface area contributed by atoms with Crippen LogP contribution in [0.25, 0.3) is 0 Å². The Balaban J connectivity index is 1.99. The minimum Gasteiger partial charge on any atom is -0.380 e. The van der Waals surface area contributed by atoms with E-state index < -0.39 is 0 Å². The lowest BCUT2D eigenvalue weighted by Crippen LogP contribution is -2.44. The smallest absolute Gasteiger partial charge is 0.0593 e. The Morgan fingerprint density at radius 1 is 1.29 bits per heavy atom. The Kier molecular flexibility index (Phi) is 3.79. The van der Waals surface area contributed by atoms with Crippen molar-refractivity contribution in [3.63, 3.8) is 0 Å². The molecule has 0 aromatic heterocycles. The van der Waals surface area contributed by atoms with Crippen LogP contribution in [0.15, 0.2) is 0 Å². The Morgan fingerprint density at radius 3 is 3.00 bits per heavy atom. The molecule has 0 radical (unpaired) electrons. The number of ether oxygens (including phenoxy) is 1. The summed E-state index contributed by atoms with van der Waals surface area (Å²) >= 11 is 0. The quantitative estimate of drug-likeness (QED) is 0.714. The molecule has 14 heavy (non-hydrogen) atoms. The topological polar surface area (TPSA) is 38.5 Å². The number of hydrogen-bond acceptors (Lipinski definition) is 3. The molecule has 3 heteroatoms. The summed E-state index contributed by atoms with van der Waals surface area (Å²) < 4.78 is 5.66. The summed E-state index contributed by atoms with van der Waals surface area (Å²) in [4.78, 5) is 2.55. The molecule has 0 aromatic carbocycles. The third-order valence-electron chi connectivity index (χ3n) is 3.61. The van der Waals surface area contributed by atoms with E-state index in [1.165, 1.54) is 25.7 Å². The normalized spacial score (nSPS) is 34.9. The average molecular weight is 198 g/mol. The lowest BCUT2D eigenvalue weighted by Gasteiger charge is -2.37. The maximum Gasteiger partial charge on any atom is 0.0593 e. The molecule has 0 aromatic rings. The van der Waals surface area contributed by atoms with Crippen LogP contribution in [0, 0.1) is 5.92 Å². The first-order valence-electron chi connectivity index (χ1n) is 5.93. The number of nitrogens with two attached hydrogens (primary N) is 1. The predicted molar refractivity (Wildman–Crippen MR) is 57.2 cm³/mol. The zero-order valence-corrected chi connectivity index (χ0v) is 8.95. The minimum absolute atomic E-state index is 0.759. The summed E-state index contributed by atoms with van der Waals surface area (Å²) in [6.07, 6.45) is 5.49. The lowest BCUT2D eigenvalue weighted by atomic mass is 9.84. The Labute approximate surface area is 86.6 Å². The minimum atomic E-state index is 0.759. The van der Waals surface area contributed by atoms with E-state index in [1.54, 1.807) is 0 Å². The molecule has 0 bridgehead atoms. The third kappa shape index (κ3) is 2.27. The van der Waals surface area contributed by atoms with Gasteiger partial charge in [-0.3, -0.25) is 4.90 Å². The second kappa shape index (κ2) is 5.10. The van der Waals surface area contributed by atoms with Crippen molar-refractivity contribution in [3.05, 3.63) is 0 Å². The van der Waals surface area contributed by atoms with E-state index in [2.05, 4.69) is 4.90 Å². The molecule has 1 aliphatic heterocycles. The number of nitrogens with zero attached hydrogens (tertiary/aromatic N) is 1. The molecule has 2 fully saturated rings. The Bertz CT molecular complexity index is 175. The largest absolute Gasteiger partial charge is 0.380 e. The molecule has 1 heterocycles. The van der Waals surface area contributed by atoms with Gasteiger partial charge in [0.2, 0.25) is 0 Å². The molecule has 2 atom stereocenters. The zero-order valence-electron chi connectivity index (χ0n) is 8.95. The molecular weight excluding hydrogens is 176 g/mol. The lowest BCUT2D eigenvalue weighted by molar-refractivity contribution is 0.0948. The maximum atomic E-state index is 5.66. The van der Waals surface area contributed by atoms with Crippen LogP contribution in [-0.4, -0.2) is 43.8 Å². The molecule has 0 unspecified atom stereocenters. The molecule has 2 aliphatic rings. The van der Waals surface area contributed by atoms with Crippen molar-refractivity contribution in [1.82, 2.24) is 4.90 Å². The van der Waals surface area contributed by atoms with Crippen LogP contribution in [0.4, 0.5) is 0 Å². The molecule has 3 nitrogen and oxygen atoms in total. The van der Waals surface area contributed by atoms with Gasteiger partial charge in [0.05, 0.1) is 13.2 Å². The molecule has 2 N–H and O–H groups in total. The Hall–Kier alpha value is -0.120. The van der Waals surface area contributed by atoms with Gasteiger partial charge >= 0.3 is 0 Å². The van der Waals surface area contributed by atoms with Crippen LogP contribution in [0.2, 0.25) is 0 Å². The highest BCUT2D eigenvalue weighted by molar-refractivity contribution is 4.85. The van der Waals surface area contributed by atoms with Crippen molar-refractivity contribution in [1.29, 1.82) is 0 Å². The molecule has 1 saturated heterocycles. The second-order valence-electron chi connectivity index (χ2n) is 4.51. The van der Waals surface area contributed by atoms with E-state index in [0.717, 1.165) is 44.8 Å². The van der Waals surface area contributed by atoms with Gasteiger partial charge < -0.3 is 10.5 Å². The second-order valence-corrected chi connectivity index (χ2v) is 4.51. The van der Waals surface area contributed by atoms with Gasteiger partial charge in [-0.2, -0.15) is 0 Å². The summed E-state index contributed by atoms with van der Waals surface area (Å²) in [7, 11) is 0. The van der Waals surface area contributed by atoms with E-state index in [1.807, 2.05) is 0 Å². The van der Waals surface area contributed by atoms with Gasteiger partial charge in [0.1, 0.15) is 0 Å². The molecule has 1 saturated carbocycles. The monoisotopic (exact) mass is 198 g/mol. The first kappa shape index (κ1) is 10.4. The highest BCUT2D eigenvalue weighted by Gasteiger charge is 2.31. The Morgan fingerprint density at radius 2 is 2.14 bits per heavy atom. The fourth-order valence-corrected chi connectivity index (χ4v) is 2.89. The van der Waals surface area contributed by atoms with Crippen LogP contribution in [0.1, 0.15) is 25.7 Å². The van der Waals surface area contributed by atoms with Crippen molar-refractivity contribution in [2.75, 3.05) is 32.8 Å². The van der Waals surface area contributed by atoms with E-state index in [0.29, 0.717) is 0 Å². The summed E-state index contributed by atoms with van der Waals surface area (Å²) in [6.45, 7) is 4.78. The van der Waals surface area contributed by atoms with E-state index >= 15 is 0 Å². The van der Waals surface area contributed by atoms with Crippen LogP contribution in [0.3, 0.4) is 0 Å². The first-order chi connectivity index (χ1) is 6.92. The van der Waals surface area contributed by atoms with Crippen LogP contribution in [0.5, 0.6) is 0 Å². The van der Waals surface area contributed by atoms with Gasteiger partial charge in [0.15, 0.2) is 0 Å². The van der Waals surface area contributed by atoms with E-state index in [4.69, 9.17) is 10.5 Å². The van der Waals surface area contributed by atoms with Crippen molar-refractivity contribution in [2.24, 2.45) is 11.7 Å². The highest BCUT2D eigenvalue weighted by Crippen LogP contribution is 2.29. The summed E-state index contributed by atoms with van der Waals surface area (Å²) in [5.74, 6) is 0.776. The zero-order chi connectivity index (χ0) is 9.80. The molecule has 82 valence electrons. The van der Waals surface area contributed by atoms with Gasteiger partial charge in [-0.1, -0.05) is 12.8 Å². The standard InChI is InChI=1S/C11H22N2O/c12-5-6-13-7-8-14-9-10-3-1-2-4-11(10)13/h10-11H,1-9,12H2/t10-,11-/m0/s1. The summed E-state index contributed by atoms with van der Waals surface area (Å²) in [5.41, 5.74) is 5.65. The number of hydrogen-bond donors (Lipinski definition) is 1. The first-order valence-corrected chi connectivity index (χ1v) is 5.93. The van der Waals surface area contributed by atoms with E-state index in [-0.39, 0.29) is 0 Å².